The summed E-state index contributed by atoms with van der Waals surface area (Å²) in [7, 11) is 1.67. The molecule has 0 spiro atoms. The van der Waals surface area contributed by atoms with E-state index in [0.717, 1.165) is 41.5 Å². The van der Waals surface area contributed by atoms with Crippen molar-refractivity contribution in [1.29, 1.82) is 0 Å². The Bertz CT molecular complexity index is 613. The third-order valence-electron chi connectivity index (χ3n) is 3.36. The first kappa shape index (κ1) is 16.2. The highest BCUT2D eigenvalue weighted by molar-refractivity contribution is 5.74. The van der Waals surface area contributed by atoms with Crippen molar-refractivity contribution < 1.29 is 4.74 Å². The summed E-state index contributed by atoms with van der Waals surface area (Å²) in [4.78, 5) is 9.19. The lowest BCUT2D eigenvalue weighted by molar-refractivity contribution is 0.415. The summed E-state index contributed by atoms with van der Waals surface area (Å²) in [5.41, 5.74) is 8.39. The van der Waals surface area contributed by atoms with Gasteiger partial charge in [0.05, 0.1) is 24.7 Å². The van der Waals surface area contributed by atoms with Gasteiger partial charge in [-0.15, -0.1) is 0 Å². The Hall–Kier alpha value is -2.14. The highest BCUT2D eigenvalue weighted by Gasteiger charge is 2.12. The van der Waals surface area contributed by atoms with Gasteiger partial charge < -0.3 is 15.8 Å². The Morgan fingerprint density at radius 3 is 2.82 bits per heavy atom. The Labute approximate surface area is 131 Å². The molecule has 0 atom stereocenters. The molecule has 0 amide bonds. The van der Waals surface area contributed by atoms with Crippen molar-refractivity contribution in [3.8, 4) is 17.0 Å². The maximum Gasteiger partial charge on any atom is 0.131 e. The van der Waals surface area contributed by atoms with E-state index in [2.05, 4.69) is 24.1 Å². The first-order chi connectivity index (χ1) is 10.7. The van der Waals surface area contributed by atoms with E-state index in [1.54, 1.807) is 7.11 Å². The summed E-state index contributed by atoms with van der Waals surface area (Å²) in [6.45, 7) is 5.64. The van der Waals surface area contributed by atoms with Crippen LogP contribution in [0.2, 0.25) is 0 Å². The summed E-state index contributed by atoms with van der Waals surface area (Å²) in [5.74, 6) is 1.93. The number of nitrogens with two attached hydrogens (primary N) is 1. The topological polar surface area (TPSA) is 73.1 Å². The number of aromatic nitrogens is 2. The van der Waals surface area contributed by atoms with Gasteiger partial charge in [0.2, 0.25) is 0 Å². The van der Waals surface area contributed by atoms with Gasteiger partial charge in [0.25, 0.3) is 0 Å². The van der Waals surface area contributed by atoms with E-state index >= 15 is 0 Å². The van der Waals surface area contributed by atoms with E-state index in [9.17, 15) is 0 Å². The van der Waals surface area contributed by atoms with Crippen LogP contribution in [0.3, 0.4) is 0 Å². The van der Waals surface area contributed by atoms with Gasteiger partial charge >= 0.3 is 0 Å². The van der Waals surface area contributed by atoms with Gasteiger partial charge in [-0.1, -0.05) is 26.0 Å². The molecule has 5 heteroatoms. The molecule has 3 N–H and O–H groups in total. The summed E-state index contributed by atoms with van der Waals surface area (Å²) in [5, 5.41) is 3.37. The third kappa shape index (κ3) is 3.95. The van der Waals surface area contributed by atoms with Crippen LogP contribution in [0.4, 0.5) is 5.69 Å². The molecule has 0 saturated heterocycles. The fourth-order valence-corrected chi connectivity index (χ4v) is 2.12. The third-order valence-corrected chi connectivity index (χ3v) is 3.36. The second kappa shape index (κ2) is 7.75. The maximum atomic E-state index is 5.56. The molecule has 0 aliphatic heterocycles. The zero-order valence-electron chi connectivity index (χ0n) is 13.5. The zero-order valence-corrected chi connectivity index (χ0v) is 13.5. The number of rotatable bonds is 7. The second-order valence-electron chi connectivity index (χ2n) is 5.45. The Morgan fingerprint density at radius 1 is 1.32 bits per heavy atom. The van der Waals surface area contributed by atoms with Crippen LogP contribution in [0.15, 0.2) is 30.5 Å². The van der Waals surface area contributed by atoms with Gasteiger partial charge in [-0.3, -0.25) is 0 Å². The standard InChI is InChI=1S/C17H24N4O/c1-12(2)17-20-11-15(19-9-5-8-18)16(21-17)13-6-4-7-14(10-13)22-3/h4,6-7,10-12,19H,5,8-9,18H2,1-3H3. The normalized spacial score (nSPS) is 10.8. The van der Waals surface area contributed by atoms with Gasteiger partial charge in [0.1, 0.15) is 11.6 Å². The van der Waals surface area contributed by atoms with E-state index < -0.39 is 0 Å². The molecule has 1 aromatic carbocycles. The highest BCUT2D eigenvalue weighted by Crippen LogP contribution is 2.29. The molecule has 1 heterocycles. The minimum Gasteiger partial charge on any atom is -0.497 e. The van der Waals surface area contributed by atoms with Crippen LogP contribution >= 0.6 is 0 Å². The van der Waals surface area contributed by atoms with E-state index in [-0.39, 0.29) is 5.92 Å². The largest absolute Gasteiger partial charge is 0.497 e. The predicted molar refractivity (Wildman–Crippen MR) is 90.3 cm³/mol. The van der Waals surface area contributed by atoms with Crippen LogP contribution in [0.25, 0.3) is 11.3 Å². The maximum absolute atomic E-state index is 5.56. The molecule has 0 aliphatic carbocycles. The summed E-state index contributed by atoms with van der Waals surface area (Å²) < 4.78 is 5.31. The molecular formula is C17H24N4O. The van der Waals surface area contributed by atoms with Crippen molar-refractivity contribution in [1.82, 2.24) is 9.97 Å². The van der Waals surface area contributed by atoms with E-state index in [1.807, 2.05) is 30.5 Å². The van der Waals surface area contributed by atoms with E-state index in [1.165, 1.54) is 0 Å². The van der Waals surface area contributed by atoms with Gasteiger partial charge in [-0.25, -0.2) is 9.97 Å². The molecule has 2 rings (SSSR count). The lowest BCUT2D eigenvalue weighted by atomic mass is 10.1. The van der Waals surface area contributed by atoms with Crippen LogP contribution in [0.5, 0.6) is 5.75 Å². The van der Waals surface area contributed by atoms with Crippen molar-refractivity contribution in [2.24, 2.45) is 5.73 Å². The van der Waals surface area contributed by atoms with Crippen LogP contribution < -0.4 is 15.8 Å². The number of nitrogens with one attached hydrogen (secondary N) is 1. The van der Waals surface area contributed by atoms with Gasteiger partial charge in [0.15, 0.2) is 0 Å². The summed E-state index contributed by atoms with van der Waals surface area (Å²) in [6, 6.07) is 7.91. The minimum absolute atomic E-state index is 0.280. The molecule has 0 aliphatic rings. The van der Waals surface area contributed by atoms with Gasteiger partial charge in [-0.05, 0) is 25.1 Å². The number of hydrogen-bond acceptors (Lipinski definition) is 5. The number of nitrogens with zero attached hydrogens (tertiary/aromatic N) is 2. The number of hydrogen-bond donors (Lipinski definition) is 2. The van der Waals surface area contributed by atoms with Gasteiger partial charge in [0, 0.05) is 18.0 Å². The van der Waals surface area contributed by atoms with Crippen molar-refractivity contribution in [3.05, 3.63) is 36.3 Å². The molecule has 2 aromatic rings. The van der Waals surface area contributed by atoms with Crippen molar-refractivity contribution in [2.75, 3.05) is 25.5 Å². The number of methoxy groups -OCH3 is 1. The van der Waals surface area contributed by atoms with E-state index in [0.29, 0.717) is 6.54 Å². The molecule has 0 saturated carbocycles. The quantitative estimate of drug-likeness (QED) is 0.769. The van der Waals surface area contributed by atoms with Crippen molar-refractivity contribution in [3.63, 3.8) is 0 Å². The summed E-state index contributed by atoms with van der Waals surface area (Å²) in [6.07, 6.45) is 2.76. The molecule has 1 aromatic heterocycles. The first-order valence-corrected chi connectivity index (χ1v) is 7.61. The average molecular weight is 300 g/mol. The Balaban J connectivity index is 2.41. The monoisotopic (exact) mass is 300 g/mol. The van der Waals surface area contributed by atoms with Crippen LogP contribution in [-0.4, -0.2) is 30.2 Å². The summed E-state index contributed by atoms with van der Waals surface area (Å²) >= 11 is 0. The van der Waals surface area contributed by atoms with Gasteiger partial charge in [-0.2, -0.15) is 0 Å². The molecule has 0 unspecified atom stereocenters. The number of anilines is 1. The molecular weight excluding hydrogens is 276 g/mol. The Kier molecular flexibility index (Phi) is 5.72. The van der Waals surface area contributed by atoms with E-state index in [4.69, 9.17) is 15.5 Å². The lowest BCUT2D eigenvalue weighted by Gasteiger charge is -2.14. The highest BCUT2D eigenvalue weighted by atomic mass is 16.5. The van der Waals surface area contributed by atoms with Crippen molar-refractivity contribution in [2.45, 2.75) is 26.2 Å². The zero-order chi connectivity index (χ0) is 15.9. The fourth-order valence-electron chi connectivity index (χ4n) is 2.12. The second-order valence-corrected chi connectivity index (χ2v) is 5.45. The predicted octanol–water partition coefficient (Wildman–Crippen LogP) is 3.04. The SMILES string of the molecule is COc1cccc(-c2nc(C(C)C)ncc2NCCCN)c1. The number of benzene rings is 1. The average Bonchev–Trinajstić information content (AvgIpc) is 2.55. The molecule has 5 nitrogen and oxygen atoms in total. The lowest BCUT2D eigenvalue weighted by Crippen LogP contribution is -2.11. The van der Waals surface area contributed by atoms with Crippen LogP contribution in [0, 0.1) is 0 Å². The molecule has 22 heavy (non-hydrogen) atoms. The Morgan fingerprint density at radius 2 is 2.14 bits per heavy atom. The molecule has 0 radical (unpaired) electrons. The fraction of sp³-hybridized carbons (Fsp3) is 0.412. The molecule has 0 fully saturated rings. The first-order valence-electron chi connectivity index (χ1n) is 7.61. The molecule has 0 bridgehead atoms. The minimum atomic E-state index is 0.280. The van der Waals surface area contributed by atoms with Crippen LogP contribution in [0.1, 0.15) is 32.0 Å². The van der Waals surface area contributed by atoms with Crippen molar-refractivity contribution >= 4 is 5.69 Å². The number of ether oxygens (including phenoxy) is 1. The van der Waals surface area contributed by atoms with Crippen LogP contribution in [-0.2, 0) is 0 Å². The smallest absolute Gasteiger partial charge is 0.131 e. The molecule has 118 valence electrons.